The van der Waals surface area contributed by atoms with E-state index in [-0.39, 0.29) is 5.91 Å². The second kappa shape index (κ2) is 4.85. The van der Waals surface area contributed by atoms with E-state index in [1.807, 2.05) is 79.8 Å². The predicted molar refractivity (Wildman–Crippen MR) is 81.7 cm³/mol. The number of hydrogen-bond acceptors (Lipinski definition) is 2. The first-order valence-electron chi connectivity index (χ1n) is 6.55. The summed E-state index contributed by atoms with van der Waals surface area (Å²) in [5.41, 5.74) is 3.55. The number of rotatable bonds is 2. The van der Waals surface area contributed by atoms with E-state index in [4.69, 9.17) is 0 Å². The standard InChI is InChI=1S/C17H16N2O/c1-18(2)12-15-14-10-6-7-11-16(14)19(17(15)20)13-8-4-3-5-9-13/h3-12H,1-2H3/b15-12-. The monoisotopic (exact) mass is 264 g/mol. The zero-order valence-corrected chi connectivity index (χ0v) is 11.6. The predicted octanol–water partition coefficient (Wildman–Crippen LogP) is 3.27. The zero-order chi connectivity index (χ0) is 14.1. The molecule has 100 valence electrons. The molecule has 0 atom stereocenters. The SMILES string of the molecule is CN(C)/C=C1\C(=O)N(c2ccccc2)c2ccccc21. The fourth-order valence-corrected chi connectivity index (χ4v) is 2.46. The highest BCUT2D eigenvalue weighted by atomic mass is 16.2. The minimum atomic E-state index is 0.0195. The molecule has 3 heteroatoms. The van der Waals surface area contributed by atoms with Gasteiger partial charge >= 0.3 is 0 Å². The van der Waals surface area contributed by atoms with Gasteiger partial charge in [-0.2, -0.15) is 0 Å². The van der Waals surface area contributed by atoms with Crippen molar-refractivity contribution in [3.05, 3.63) is 66.4 Å². The van der Waals surface area contributed by atoms with Gasteiger partial charge < -0.3 is 4.90 Å². The molecule has 2 aromatic carbocycles. The number of fused-ring (bicyclic) bond motifs is 1. The van der Waals surface area contributed by atoms with E-state index in [2.05, 4.69) is 0 Å². The summed E-state index contributed by atoms with van der Waals surface area (Å²) in [5.74, 6) is 0.0195. The van der Waals surface area contributed by atoms with Crippen LogP contribution < -0.4 is 4.90 Å². The number of nitrogens with zero attached hydrogens (tertiary/aromatic N) is 2. The Kier molecular flexibility index (Phi) is 3.03. The summed E-state index contributed by atoms with van der Waals surface area (Å²) >= 11 is 0. The van der Waals surface area contributed by atoms with Crippen molar-refractivity contribution in [1.82, 2.24) is 4.90 Å². The van der Waals surface area contributed by atoms with E-state index in [0.29, 0.717) is 0 Å². The first-order valence-corrected chi connectivity index (χ1v) is 6.55. The Balaban J connectivity index is 2.17. The Labute approximate surface area is 118 Å². The lowest BCUT2D eigenvalue weighted by Crippen LogP contribution is -2.21. The van der Waals surface area contributed by atoms with Crippen LogP contribution in [0.2, 0.25) is 0 Å². The third-order valence-corrected chi connectivity index (χ3v) is 3.27. The van der Waals surface area contributed by atoms with Crippen LogP contribution in [0.5, 0.6) is 0 Å². The maximum atomic E-state index is 12.7. The second-order valence-electron chi connectivity index (χ2n) is 5.00. The second-order valence-corrected chi connectivity index (χ2v) is 5.00. The van der Waals surface area contributed by atoms with Crippen LogP contribution in [0.25, 0.3) is 5.57 Å². The fraction of sp³-hybridized carbons (Fsp3) is 0.118. The molecule has 0 radical (unpaired) electrons. The summed E-state index contributed by atoms with van der Waals surface area (Å²) in [6.07, 6.45) is 1.88. The molecule has 2 aromatic rings. The Morgan fingerprint density at radius 3 is 2.30 bits per heavy atom. The molecule has 0 saturated heterocycles. The summed E-state index contributed by atoms with van der Waals surface area (Å²) in [6.45, 7) is 0. The van der Waals surface area contributed by atoms with Gasteiger partial charge in [-0.05, 0) is 18.2 Å². The van der Waals surface area contributed by atoms with Crippen molar-refractivity contribution in [2.24, 2.45) is 0 Å². The molecule has 0 unspecified atom stereocenters. The van der Waals surface area contributed by atoms with Crippen molar-refractivity contribution < 1.29 is 4.79 Å². The van der Waals surface area contributed by atoms with Gasteiger partial charge in [-0.1, -0.05) is 36.4 Å². The van der Waals surface area contributed by atoms with Crippen LogP contribution in [0.4, 0.5) is 11.4 Å². The Bertz CT molecular complexity index is 674. The van der Waals surface area contributed by atoms with Crippen molar-refractivity contribution in [2.75, 3.05) is 19.0 Å². The minimum Gasteiger partial charge on any atom is -0.383 e. The van der Waals surface area contributed by atoms with Gasteiger partial charge in [0, 0.05) is 31.5 Å². The minimum absolute atomic E-state index is 0.0195. The van der Waals surface area contributed by atoms with Gasteiger partial charge in [0.2, 0.25) is 0 Å². The summed E-state index contributed by atoms with van der Waals surface area (Å²) in [4.78, 5) is 16.4. The lowest BCUT2D eigenvalue weighted by Gasteiger charge is -2.17. The van der Waals surface area contributed by atoms with Crippen LogP contribution in [-0.2, 0) is 4.79 Å². The van der Waals surface area contributed by atoms with Crippen molar-refractivity contribution in [3.8, 4) is 0 Å². The van der Waals surface area contributed by atoms with E-state index in [1.165, 1.54) is 0 Å². The van der Waals surface area contributed by atoms with Crippen LogP contribution in [0.15, 0.2) is 60.8 Å². The van der Waals surface area contributed by atoms with Gasteiger partial charge in [-0.3, -0.25) is 9.69 Å². The van der Waals surface area contributed by atoms with E-state index < -0.39 is 0 Å². The summed E-state index contributed by atoms with van der Waals surface area (Å²) in [6, 6.07) is 17.6. The maximum absolute atomic E-state index is 12.7. The molecule has 0 aromatic heterocycles. The smallest absolute Gasteiger partial charge is 0.265 e. The van der Waals surface area contributed by atoms with Crippen molar-refractivity contribution in [1.29, 1.82) is 0 Å². The van der Waals surface area contributed by atoms with Gasteiger partial charge in [0.15, 0.2) is 0 Å². The molecule has 1 amide bonds. The number of amides is 1. The summed E-state index contributed by atoms with van der Waals surface area (Å²) in [5, 5.41) is 0. The average Bonchev–Trinajstić information content (AvgIpc) is 2.72. The molecule has 0 spiro atoms. The van der Waals surface area contributed by atoms with E-state index in [0.717, 1.165) is 22.5 Å². The molecule has 1 heterocycles. The van der Waals surface area contributed by atoms with Crippen LogP contribution in [0, 0.1) is 0 Å². The molecule has 20 heavy (non-hydrogen) atoms. The number of para-hydroxylation sites is 2. The quantitative estimate of drug-likeness (QED) is 0.777. The highest BCUT2D eigenvalue weighted by molar-refractivity contribution is 6.34. The Hall–Kier alpha value is -2.55. The zero-order valence-electron chi connectivity index (χ0n) is 11.6. The molecule has 0 bridgehead atoms. The number of carbonyl (C=O) groups is 1. The maximum Gasteiger partial charge on any atom is 0.265 e. The Morgan fingerprint density at radius 1 is 0.950 bits per heavy atom. The molecule has 3 rings (SSSR count). The highest BCUT2D eigenvalue weighted by Gasteiger charge is 2.33. The lowest BCUT2D eigenvalue weighted by atomic mass is 10.1. The van der Waals surface area contributed by atoms with Gasteiger partial charge in [0.05, 0.1) is 11.3 Å². The molecule has 0 aliphatic carbocycles. The first-order chi connectivity index (χ1) is 9.68. The molecular formula is C17H16N2O. The van der Waals surface area contributed by atoms with Crippen LogP contribution >= 0.6 is 0 Å². The number of anilines is 2. The van der Waals surface area contributed by atoms with Crippen LogP contribution in [-0.4, -0.2) is 24.9 Å². The summed E-state index contributed by atoms with van der Waals surface area (Å²) in [7, 11) is 3.85. The third-order valence-electron chi connectivity index (χ3n) is 3.27. The topological polar surface area (TPSA) is 23.6 Å². The van der Waals surface area contributed by atoms with Gasteiger partial charge in [-0.25, -0.2) is 0 Å². The normalized spacial score (nSPS) is 15.6. The van der Waals surface area contributed by atoms with E-state index in [9.17, 15) is 4.79 Å². The summed E-state index contributed by atoms with van der Waals surface area (Å²) < 4.78 is 0. The van der Waals surface area contributed by atoms with E-state index >= 15 is 0 Å². The number of hydrogen-bond donors (Lipinski definition) is 0. The first kappa shape index (κ1) is 12.5. The van der Waals surface area contributed by atoms with Crippen molar-refractivity contribution >= 4 is 22.9 Å². The third kappa shape index (κ3) is 1.97. The average molecular weight is 264 g/mol. The molecule has 1 aliphatic heterocycles. The Morgan fingerprint density at radius 2 is 1.60 bits per heavy atom. The number of carbonyl (C=O) groups excluding carboxylic acids is 1. The van der Waals surface area contributed by atoms with Crippen molar-refractivity contribution in [2.45, 2.75) is 0 Å². The van der Waals surface area contributed by atoms with Crippen molar-refractivity contribution in [3.63, 3.8) is 0 Å². The molecule has 0 N–H and O–H groups in total. The largest absolute Gasteiger partial charge is 0.383 e. The molecule has 3 nitrogen and oxygen atoms in total. The molecule has 1 aliphatic rings. The lowest BCUT2D eigenvalue weighted by molar-refractivity contribution is -0.112. The van der Waals surface area contributed by atoms with Crippen LogP contribution in [0.1, 0.15) is 5.56 Å². The molecule has 0 saturated carbocycles. The molecule has 0 fully saturated rings. The fourth-order valence-electron chi connectivity index (χ4n) is 2.46. The number of benzene rings is 2. The van der Waals surface area contributed by atoms with Gasteiger partial charge in [0.25, 0.3) is 5.91 Å². The van der Waals surface area contributed by atoms with E-state index in [1.54, 1.807) is 4.90 Å². The molecular weight excluding hydrogens is 248 g/mol. The van der Waals surface area contributed by atoms with Crippen LogP contribution in [0.3, 0.4) is 0 Å². The van der Waals surface area contributed by atoms with Gasteiger partial charge in [-0.15, -0.1) is 0 Å². The highest BCUT2D eigenvalue weighted by Crippen LogP contribution is 2.41. The van der Waals surface area contributed by atoms with Gasteiger partial charge in [0.1, 0.15) is 0 Å².